The summed E-state index contributed by atoms with van der Waals surface area (Å²) < 4.78 is 27.6. The molecule has 2 heterocycles. The van der Waals surface area contributed by atoms with Gasteiger partial charge in [-0.3, -0.25) is 4.98 Å². The van der Waals surface area contributed by atoms with Crippen molar-refractivity contribution < 1.29 is 17.9 Å². The van der Waals surface area contributed by atoms with Gasteiger partial charge >= 0.3 is 5.97 Å². The molecule has 19 heavy (non-hydrogen) atoms. The third-order valence-electron chi connectivity index (χ3n) is 2.98. The Bertz CT molecular complexity index is 587. The third kappa shape index (κ3) is 3.01. The van der Waals surface area contributed by atoms with E-state index in [1.165, 1.54) is 19.5 Å². The first-order valence-electron chi connectivity index (χ1n) is 5.80. The Balaban J connectivity index is 2.25. The smallest absolute Gasteiger partial charge is 0.358 e. The maximum atomic E-state index is 11.5. The lowest BCUT2D eigenvalue weighted by atomic mass is 10.3. The van der Waals surface area contributed by atoms with E-state index in [0.717, 1.165) is 0 Å². The van der Waals surface area contributed by atoms with Crippen molar-refractivity contribution in [2.75, 3.05) is 30.1 Å². The molecule has 1 aromatic heterocycles. The molecule has 1 fully saturated rings. The van der Waals surface area contributed by atoms with Crippen molar-refractivity contribution in [3.63, 3.8) is 0 Å². The summed E-state index contributed by atoms with van der Waals surface area (Å²) in [7, 11) is -1.71. The van der Waals surface area contributed by atoms with Crippen molar-refractivity contribution in [1.82, 2.24) is 9.97 Å². The third-order valence-corrected chi connectivity index (χ3v) is 4.78. The Hall–Kier alpha value is -1.70. The molecule has 0 spiro atoms. The Morgan fingerprint density at radius 1 is 1.47 bits per heavy atom. The fourth-order valence-corrected chi connectivity index (χ4v) is 3.59. The largest absolute Gasteiger partial charge is 0.464 e. The van der Waals surface area contributed by atoms with E-state index in [9.17, 15) is 13.2 Å². The van der Waals surface area contributed by atoms with Gasteiger partial charge in [-0.1, -0.05) is 0 Å². The lowest BCUT2D eigenvalue weighted by molar-refractivity contribution is 0.0593. The van der Waals surface area contributed by atoms with E-state index in [-0.39, 0.29) is 23.2 Å². The van der Waals surface area contributed by atoms with Gasteiger partial charge in [0, 0.05) is 12.6 Å². The first kappa shape index (κ1) is 13.7. The number of hydrogen-bond donors (Lipinski definition) is 0. The maximum Gasteiger partial charge on any atom is 0.358 e. The summed E-state index contributed by atoms with van der Waals surface area (Å²) in [6.07, 6.45) is 2.83. The number of sulfone groups is 1. The normalized spacial score (nSPS) is 22.0. The molecule has 0 bridgehead atoms. The van der Waals surface area contributed by atoms with Crippen LogP contribution in [-0.4, -0.2) is 55.6 Å². The minimum Gasteiger partial charge on any atom is -0.464 e. The van der Waals surface area contributed by atoms with Gasteiger partial charge < -0.3 is 9.64 Å². The van der Waals surface area contributed by atoms with Crippen LogP contribution in [0.5, 0.6) is 0 Å². The number of aromatic nitrogens is 2. The zero-order valence-corrected chi connectivity index (χ0v) is 11.6. The van der Waals surface area contributed by atoms with E-state index in [1.807, 2.05) is 11.8 Å². The molecule has 1 atom stereocenters. The number of hydrogen-bond acceptors (Lipinski definition) is 7. The second kappa shape index (κ2) is 5.12. The Kier molecular flexibility index (Phi) is 3.70. The maximum absolute atomic E-state index is 11.5. The highest BCUT2D eigenvalue weighted by Crippen LogP contribution is 2.19. The average Bonchev–Trinajstić information content (AvgIpc) is 2.37. The molecule has 8 heteroatoms. The Morgan fingerprint density at radius 2 is 2.21 bits per heavy atom. The monoisotopic (exact) mass is 285 g/mol. The number of anilines is 1. The van der Waals surface area contributed by atoms with Gasteiger partial charge in [0.05, 0.1) is 31.0 Å². The van der Waals surface area contributed by atoms with Crippen LogP contribution in [0.25, 0.3) is 0 Å². The number of ether oxygens (including phenoxy) is 1. The van der Waals surface area contributed by atoms with Crippen LogP contribution in [0.4, 0.5) is 5.82 Å². The van der Waals surface area contributed by atoms with Crippen LogP contribution in [0.3, 0.4) is 0 Å². The van der Waals surface area contributed by atoms with Gasteiger partial charge in [-0.2, -0.15) is 0 Å². The van der Waals surface area contributed by atoms with Gasteiger partial charge in [0.1, 0.15) is 5.82 Å². The summed E-state index contributed by atoms with van der Waals surface area (Å²) in [4.78, 5) is 21.3. The van der Waals surface area contributed by atoms with Crippen LogP contribution >= 0.6 is 0 Å². The zero-order valence-electron chi connectivity index (χ0n) is 10.7. The molecule has 1 aliphatic rings. The molecule has 1 unspecified atom stereocenters. The topological polar surface area (TPSA) is 89.5 Å². The number of carbonyl (C=O) groups excluding carboxylic acids is 1. The number of methoxy groups -OCH3 is 1. The number of nitrogens with zero attached hydrogens (tertiary/aromatic N) is 3. The van der Waals surface area contributed by atoms with E-state index < -0.39 is 15.8 Å². The predicted molar refractivity (Wildman–Crippen MR) is 68.8 cm³/mol. The predicted octanol–water partition coefficient (Wildman–Crippen LogP) is -0.113. The van der Waals surface area contributed by atoms with Crippen LogP contribution < -0.4 is 4.90 Å². The van der Waals surface area contributed by atoms with E-state index in [2.05, 4.69) is 14.7 Å². The second-order valence-electron chi connectivity index (χ2n) is 4.41. The molecular formula is C11H15N3O4S. The van der Waals surface area contributed by atoms with Crippen molar-refractivity contribution >= 4 is 21.6 Å². The van der Waals surface area contributed by atoms with Gasteiger partial charge in [0.25, 0.3) is 0 Å². The van der Waals surface area contributed by atoms with Crippen molar-refractivity contribution in [2.45, 2.75) is 13.0 Å². The van der Waals surface area contributed by atoms with Crippen LogP contribution in [0.15, 0.2) is 12.4 Å². The Morgan fingerprint density at radius 3 is 2.84 bits per heavy atom. The minimum atomic E-state index is -2.99. The van der Waals surface area contributed by atoms with Crippen molar-refractivity contribution in [1.29, 1.82) is 0 Å². The lowest BCUT2D eigenvalue weighted by Crippen LogP contribution is -2.47. The summed E-state index contributed by atoms with van der Waals surface area (Å²) in [6.45, 7) is 2.16. The average molecular weight is 285 g/mol. The molecule has 7 nitrogen and oxygen atoms in total. The first-order chi connectivity index (χ1) is 8.93. The van der Waals surface area contributed by atoms with Gasteiger partial charge in [-0.15, -0.1) is 0 Å². The minimum absolute atomic E-state index is 0.0805. The lowest BCUT2D eigenvalue weighted by Gasteiger charge is -2.33. The van der Waals surface area contributed by atoms with Crippen LogP contribution in [0, 0.1) is 0 Å². The second-order valence-corrected chi connectivity index (χ2v) is 6.64. The first-order valence-corrected chi connectivity index (χ1v) is 7.62. The summed E-state index contributed by atoms with van der Waals surface area (Å²) in [6, 6.07) is -0.194. The quantitative estimate of drug-likeness (QED) is 0.700. The van der Waals surface area contributed by atoms with Crippen molar-refractivity contribution in [2.24, 2.45) is 0 Å². The molecule has 0 aromatic carbocycles. The molecule has 1 saturated heterocycles. The van der Waals surface area contributed by atoms with Gasteiger partial charge in [0.15, 0.2) is 15.5 Å². The molecule has 2 rings (SSSR count). The summed E-state index contributed by atoms with van der Waals surface area (Å²) in [5.74, 6) is 0.0930. The fraction of sp³-hybridized carbons (Fsp3) is 0.545. The van der Waals surface area contributed by atoms with Gasteiger partial charge in [0.2, 0.25) is 0 Å². The number of esters is 1. The van der Waals surface area contributed by atoms with Crippen LogP contribution in [-0.2, 0) is 14.6 Å². The number of rotatable bonds is 2. The van der Waals surface area contributed by atoms with Crippen molar-refractivity contribution in [3.8, 4) is 0 Å². The highest BCUT2D eigenvalue weighted by Gasteiger charge is 2.29. The van der Waals surface area contributed by atoms with E-state index >= 15 is 0 Å². The standard InChI is InChI=1S/C11H15N3O4S/c1-8-7-19(16,17)4-3-14(8)10-6-12-5-9(13-10)11(15)18-2/h5-6,8H,3-4,7H2,1-2H3. The summed E-state index contributed by atoms with van der Waals surface area (Å²) in [5, 5.41) is 0. The molecule has 1 aromatic rings. The zero-order chi connectivity index (χ0) is 14.0. The van der Waals surface area contributed by atoms with E-state index in [4.69, 9.17) is 0 Å². The number of carbonyl (C=O) groups is 1. The SMILES string of the molecule is COC(=O)c1cncc(N2CCS(=O)(=O)CC2C)n1. The highest BCUT2D eigenvalue weighted by atomic mass is 32.2. The molecule has 1 aliphatic heterocycles. The molecule has 0 radical (unpaired) electrons. The molecule has 0 aliphatic carbocycles. The Labute approximate surface area is 111 Å². The van der Waals surface area contributed by atoms with E-state index in [0.29, 0.717) is 12.4 Å². The fourth-order valence-electron chi connectivity index (χ4n) is 2.04. The molecule has 0 saturated carbocycles. The highest BCUT2D eigenvalue weighted by molar-refractivity contribution is 7.91. The van der Waals surface area contributed by atoms with Gasteiger partial charge in [-0.05, 0) is 6.92 Å². The van der Waals surface area contributed by atoms with Crippen molar-refractivity contribution in [3.05, 3.63) is 18.1 Å². The van der Waals surface area contributed by atoms with Gasteiger partial charge in [-0.25, -0.2) is 18.2 Å². The molecular weight excluding hydrogens is 270 g/mol. The molecule has 0 amide bonds. The molecule has 104 valence electrons. The summed E-state index contributed by atoms with van der Waals surface area (Å²) >= 11 is 0. The van der Waals surface area contributed by atoms with E-state index in [1.54, 1.807) is 0 Å². The molecule has 0 N–H and O–H groups in total. The van der Waals surface area contributed by atoms with Crippen LogP contribution in [0.1, 0.15) is 17.4 Å². The van der Waals surface area contributed by atoms with Crippen LogP contribution in [0.2, 0.25) is 0 Å². The summed E-state index contributed by atoms with van der Waals surface area (Å²) in [5.41, 5.74) is 0.112.